The molecule has 1 fully saturated rings. The van der Waals surface area contributed by atoms with E-state index in [1.165, 1.54) is 25.7 Å². The Morgan fingerprint density at radius 1 is 1.41 bits per heavy atom. The molecule has 4 nitrogen and oxygen atoms in total. The molecule has 0 spiro atoms. The molecule has 4 heteroatoms. The topological polar surface area (TPSA) is 54.2 Å². The average molecular weight is 234 g/mol. The molecule has 0 saturated heterocycles. The van der Waals surface area contributed by atoms with E-state index < -0.39 is 0 Å². The fraction of sp³-hybridized carbons (Fsp3) is 0.615. The van der Waals surface area contributed by atoms with Gasteiger partial charge in [0, 0.05) is 12.6 Å². The summed E-state index contributed by atoms with van der Waals surface area (Å²) >= 11 is 0. The zero-order valence-corrected chi connectivity index (χ0v) is 10.5. The SMILES string of the molecule is CCN(Cc1cccc(NN)n1)C1CCCC1. The van der Waals surface area contributed by atoms with Gasteiger partial charge in [0.15, 0.2) is 0 Å². The van der Waals surface area contributed by atoms with Crippen LogP contribution in [0.5, 0.6) is 0 Å². The number of aromatic nitrogens is 1. The third kappa shape index (κ3) is 3.17. The van der Waals surface area contributed by atoms with Crippen molar-refractivity contribution in [1.82, 2.24) is 9.88 Å². The van der Waals surface area contributed by atoms with Crippen molar-refractivity contribution < 1.29 is 0 Å². The number of rotatable bonds is 5. The molecule has 1 aliphatic rings. The first-order chi connectivity index (χ1) is 8.33. The monoisotopic (exact) mass is 234 g/mol. The van der Waals surface area contributed by atoms with Crippen LogP contribution in [0.3, 0.4) is 0 Å². The van der Waals surface area contributed by atoms with Crippen molar-refractivity contribution in [2.24, 2.45) is 5.84 Å². The molecule has 1 heterocycles. The lowest BCUT2D eigenvalue weighted by Crippen LogP contribution is -2.32. The minimum Gasteiger partial charge on any atom is -0.308 e. The van der Waals surface area contributed by atoms with Gasteiger partial charge in [-0.2, -0.15) is 0 Å². The normalized spacial score (nSPS) is 16.6. The number of nitrogens with one attached hydrogen (secondary N) is 1. The molecule has 0 unspecified atom stereocenters. The highest BCUT2D eigenvalue weighted by atomic mass is 15.3. The van der Waals surface area contributed by atoms with Crippen LogP contribution in [0.25, 0.3) is 0 Å². The van der Waals surface area contributed by atoms with Crippen molar-refractivity contribution in [3.05, 3.63) is 23.9 Å². The molecule has 1 aromatic heterocycles. The van der Waals surface area contributed by atoms with Crippen LogP contribution < -0.4 is 11.3 Å². The summed E-state index contributed by atoms with van der Waals surface area (Å²) in [5.74, 6) is 6.12. The van der Waals surface area contributed by atoms with Gasteiger partial charge in [0.2, 0.25) is 0 Å². The first-order valence-corrected chi connectivity index (χ1v) is 6.50. The van der Waals surface area contributed by atoms with Crippen LogP contribution in [0.1, 0.15) is 38.3 Å². The number of nitrogens with two attached hydrogens (primary N) is 1. The smallest absolute Gasteiger partial charge is 0.140 e. The Hall–Kier alpha value is -1.13. The second-order valence-electron chi connectivity index (χ2n) is 4.66. The van der Waals surface area contributed by atoms with Gasteiger partial charge < -0.3 is 5.43 Å². The molecule has 0 aliphatic heterocycles. The van der Waals surface area contributed by atoms with E-state index in [2.05, 4.69) is 28.3 Å². The highest BCUT2D eigenvalue weighted by molar-refractivity contribution is 5.33. The van der Waals surface area contributed by atoms with Gasteiger partial charge in [-0.15, -0.1) is 0 Å². The molecule has 3 N–H and O–H groups in total. The van der Waals surface area contributed by atoms with Crippen molar-refractivity contribution in [2.45, 2.75) is 45.2 Å². The van der Waals surface area contributed by atoms with Crippen molar-refractivity contribution in [2.75, 3.05) is 12.0 Å². The number of nitrogens with zero attached hydrogens (tertiary/aromatic N) is 2. The van der Waals surface area contributed by atoms with Gasteiger partial charge in [0.1, 0.15) is 5.82 Å². The van der Waals surface area contributed by atoms with Crippen LogP contribution >= 0.6 is 0 Å². The molecule has 17 heavy (non-hydrogen) atoms. The number of hydrogen-bond donors (Lipinski definition) is 2. The minimum atomic E-state index is 0.741. The summed E-state index contributed by atoms with van der Waals surface area (Å²) in [4.78, 5) is 7.00. The van der Waals surface area contributed by atoms with Gasteiger partial charge in [-0.3, -0.25) is 4.90 Å². The van der Waals surface area contributed by atoms with E-state index in [0.717, 1.165) is 30.6 Å². The summed E-state index contributed by atoms with van der Waals surface area (Å²) in [6.45, 7) is 4.24. The molecule has 94 valence electrons. The van der Waals surface area contributed by atoms with Gasteiger partial charge in [-0.25, -0.2) is 10.8 Å². The molecular weight excluding hydrogens is 212 g/mol. The lowest BCUT2D eigenvalue weighted by molar-refractivity contribution is 0.198. The summed E-state index contributed by atoms with van der Waals surface area (Å²) in [6, 6.07) is 6.70. The molecule has 1 saturated carbocycles. The number of hydrogen-bond acceptors (Lipinski definition) is 4. The number of hydrazine groups is 1. The van der Waals surface area contributed by atoms with E-state index >= 15 is 0 Å². The summed E-state index contributed by atoms with van der Waals surface area (Å²) in [6.07, 6.45) is 5.42. The standard InChI is InChI=1S/C13H22N4/c1-2-17(12-7-3-4-8-12)10-11-6-5-9-13(15-11)16-14/h5-6,9,12H,2-4,7-8,10,14H2,1H3,(H,15,16). The Morgan fingerprint density at radius 2 is 2.18 bits per heavy atom. The largest absolute Gasteiger partial charge is 0.308 e. The van der Waals surface area contributed by atoms with Crippen LogP contribution in [0, 0.1) is 0 Å². The molecule has 2 rings (SSSR count). The average Bonchev–Trinajstić information content (AvgIpc) is 2.90. The Morgan fingerprint density at radius 3 is 2.82 bits per heavy atom. The zero-order chi connectivity index (χ0) is 12.1. The van der Waals surface area contributed by atoms with Crippen molar-refractivity contribution in [3.63, 3.8) is 0 Å². The maximum absolute atomic E-state index is 5.38. The summed E-state index contributed by atoms with van der Waals surface area (Å²) in [5.41, 5.74) is 3.69. The Balaban J connectivity index is 2.01. The van der Waals surface area contributed by atoms with E-state index in [-0.39, 0.29) is 0 Å². The van der Waals surface area contributed by atoms with Crippen molar-refractivity contribution >= 4 is 5.82 Å². The van der Waals surface area contributed by atoms with E-state index in [0.29, 0.717) is 0 Å². The van der Waals surface area contributed by atoms with Crippen LogP contribution in [0.4, 0.5) is 5.82 Å². The predicted octanol–water partition coefficient (Wildman–Crippen LogP) is 2.13. The summed E-state index contributed by atoms with van der Waals surface area (Å²) in [5, 5.41) is 0. The van der Waals surface area contributed by atoms with Crippen LogP contribution in [0.15, 0.2) is 18.2 Å². The lowest BCUT2D eigenvalue weighted by Gasteiger charge is -2.27. The van der Waals surface area contributed by atoms with Gasteiger partial charge in [0.05, 0.1) is 5.69 Å². The highest BCUT2D eigenvalue weighted by Gasteiger charge is 2.21. The summed E-state index contributed by atoms with van der Waals surface area (Å²) in [7, 11) is 0. The number of nitrogen functional groups attached to an aromatic ring is 1. The number of anilines is 1. The molecule has 0 bridgehead atoms. The molecule has 0 aromatic carbocycles. The Kier molecular flexibility index (Phi) is 4.34. The molecule has 1 aliphatic carbocycles. The van der Waals surface area contributed by atoms with Gasteiger partial charge in [-0.05, 0) is 31.5 Å². The molecule has 0 amide bonds. The predicted molar refractivity (Wildman–Crippen MR) is 70.4 cm³/mol. The highest BCUT2D eigenvalue weighted by Crippen LogP contribution is 2.24. The minimum absolute atomic E-state index is 0.741. The third-order valence-electron chi connectivity index (χ3n) is 3.57. The molecule has 1 aromatic rings. The number of pyridine rings is 1. The van der Waals surface area contributed by atoms with E-state index in [4.69, 9.17) is 5.84 Å². The van der Waals surface area contributed by atoms with Gasteiger partial charge in [-0.1, -0.05) is 25.8 Å². The van der Waals surface area contributed by atoms with Gasteiger partial charge in [0.25, 0.3) is 0 Å². The third-order valence-corrected chi connectivity index (χ3v) is 3.57. The first-order valence-electron chi connectivity index (χ1n) is 6.50. The maximum atomic E-state index is 5.38. The Labute approximate surface area is 103 Å². The summed E-state index contributed by atoms with van der Waals surface area (Å²) < 4.78 is 0. The maximum Gasteiger partial charge on any atom is 0.140 e. The second-order valence-corrected chi connectivity index (χ2v) is 4.66. The van der Waals surface area contributed by atoms with Gasteiger partial charge >= 0.3 is 0 Å². The van der Waals surface area contributed by atoms with E-state index in [9.17, 15) is 0 Å². The molecular formula is C13H22N4. The second kappa shape index (κ2) is 5.98. The quantitative estimate of drug-likeness (QED) is 0.605. The van der Waals surface area contributed by atoms with Crippen LogP contribution in [-0.2, 0) is 6.54 Å². The van der Waals surface area contributed by atoms with Crippen molar-refractivity contribution in [3.8, 4) is 0 Å². The van der Waals surface area contributed by atoms with E-state index in [1.54, 1.807) is 0 Å². The fourth-order valence-corrected chi connectivity index (χ4v) is 2.62. The van der Waals surface area contributed by atoms with Crippen molar-refractivity contribution in [1.29, 1.82) is 0 Å². The van der Waals surface area contributed by atoms with E-state index in [1.807, 2.05) is 12.1 Å². The first kappa shape index (κ1) is 12.3. The molecule has 0 atom stereocenters. The zero-order valence-electron chi connectivity index (χ0n) is 10.5. The van der Waals surface area contributed by atoms with Crippen LogP contribution in [0.2, 0.25) is 0 Å². The van der Waals surface area contributed by atoms with Crippen LogP contribution in [-0.4, -0.2) is 22.5 Å². The lowest BCUT2D eigenvalue weighted by atomic mass is 10.2. The fourth-order valence-electron chi connectivity index (χ4n) is 2.62. The Bertz CT molecular complexity index is 347. The molecule has 0 radical (unpaired) electrons.